The molecule has 1 amide bonds. The molecular formula is C24H23FN4OS. The van der Waals surface area contributed by atoms with Gasteiger partial charge in [0.1, 0.15) is 5.82 Å². The molecule has 0 aliphatic rings. The Labute approximate surface area is 184 Å². The van der Waals surface area contributed by atoms with Crippen LogP contribution in [0.1, 0.15) is 29.4 Å². The quantitative estimate of drug-likeness (QED) is 0.436. The lowest BCUT2D eigenvalue weighted by Crippen LogP contribution is -2.15. The van der Waals surface area contributed by atoms with Crippen LogP contribution in [0.5, 0.6) is 0 Å². The zero-order valence-electron chi connectivity index (χ0n) is 17.6. The van der Waals surface area contributed by atoms with Crippen LogP contribution in [0, 0.1) is 19.7 Å². The number of rotatable bonds is 6. The van der Waals surface area contributed by atoms with Crippen molar-refractivity contribution >= 4 is 22.9 Å². The molecule has 4 aromatic rings. The summed E-state index contributed by atoms with van der Waals surface area (Å²) < 4.78 is 15.0. The van der Waals surface area contributed by atoms with E-state index in [4.69, 9.17) is 0 Å². The van der Waals surface area contributed by atoms with Crippen LogP contribution in [0.25, 0.3) is 16.4 Å². The van der Waals surface area contributed by atoms with Crippen LogP contribution in [-0.2, 0) is 17.6 Å². The van der Waals surface area contributed by atoms with Gasteiger partial charge in [0.2, 0.25) is 11.0 Å². The summed E-state index contributed by atoms with van der Waals surface area (Å²) in [6.45, 7) is 5.94. The van der Waals surface area contributed by atoms with Crippen molar-refractivity contribution in [2.24, 2.45) is 0 Å². The van der Waals surface area contributed by atoms with Gasteiger partial charge in [-0.25, -0.2) is 14.1 Å². The minimum absolute atomic E-state index is 0.0823. The minimum atomic E-state index is -0.276. The standard InChI is InChI=1S/C24H23FN4OS/c1-4-17-5-11-20(12-6-17)26-23(30)13-21-15(2)28-29(16(21)3)24-27-22(14-31-24)18-7-9-19(25)10-8-18/h5-12,14H,4,13H2,1-3H3,(H,26,30). The Morgan fingerprint density at radius 3 is 2.48 bits per heavy atom. The van der Waals surface area contributed by atoms with Gasteiger partial charge in [0.25, 0.3) is 0 Å². The molecule has 2 aromatic heterocycles. The number of nitrogens with zero attached hydrogens (tertiary/aromatic N) is 3. The summed E-state index contributed by atoms with van der Waals surface area (Å²) in [4.78, 5) is 17.3. The first-order valence-corrected chi connectivity index (χ1v) is 11.0. The molecular weight excluding hydrogens is 411 g/mol. The molecule has 0 aliphatic heterocycles. The Hall–Kier alpha value is -3.32. The van der Waals surface area contributed by atoms with E-state index < -0.39 is 0 Å². The van der Waals surface area contributed by atoms with Crippen LogP contribution in [0.2, 0.25) is 0 Å². The summed E-state index contributed by atoms with van der Waals surface area (Å²) >= 11 is 1.46. The fraction of sp³-hybridized carbons (Fsp3) is 0.208. The molecule has 2 heterocycles. The third-order valence-electron chi connectivity index (χ3n) is 5.24. The van der Waals surface area contributed by atoms with E-state index >= 15 is 0 Å². The van der Waals surface area contributed by atoms with Gasteiger partial charge in [-0.2, -0.15) is 5.10 Å². The van der Waals surface area contributed by atoms with Crippen molar-refractivity contribution in [3.05, 3.63) is 82.2 Å². The second kappa shape index (κ2) is 8.81. The van der Waals surface area contributed by atoms with Crippen LogP contribution in [0.3, 0.4) is 0 Å². The molecule has 5 nitrogen and oxygen atoms in total. The lowest BCUT2D eigenvalue weighted by atomic mass is 10.1. The average molecular weight is 435 g/mol. The Kier molecular flexibility index (Phi) is 5.95. The lowest BCUT2D eigenvalue weighted by Gasteiger charge is -2.07. The normalized spacial score (nSPS) is 11.0. The van der Waals surface area contributed by atoms with Crippen molar-refractivity contribution in [1.82, 2.24) is 14.8 Å². The molecule has 0 saturated carbocycles. The van der Waals surface area contributed by atoms with E-state index in [0.29, 0.717) is 5.13 Å². The first kappa shape index (κ1) is 20.9. The van der Waals surface area contributed by atoms with Crippen LogP contribution in [-0.4, -0.2) is 20.7 Å². The number of thiazole rings is 1. The molecule has 0 fully saturated rings. The Bertz CT molecular complexity index is 1210. The van der Waals surface area contributed by atoms with Crippen LogP contribution < -0.4 is 5.32 Å². The summed E-state index contributed by atoms with van der Waals surface area (Å²) in [7, 11) is 0. The molecule has 0 bridgehead atoms. The fourth-order valence-corrected chi connectivity index (χ4v) is 4.26. The van der Waals surface area contributed by atoms with Gasteiger partial charge in [-0.15, -0.1) is 11.3 Å². The highest BCUT2D eigenvalue weighted by atomic mass is 32.1. The molecule has 0 saturated heterocycles. The van der Waals surface area contributed by atoms with E-state index in [1.54, 1.807) is 16.8 Å². The highest BCUT2D eigenvalue weighted by molar-refractivity contribution is 7.12. The predicted molar refractivity (Wildman–Crippen MR) is 122 cm³/mol. The Balaban J connectivity index is 1.52. The smallest absolute Gasteiger partial charge is 0.228 e. The van der Waals surface area contributed by atoms with Crippen LogP contribution in [0.15, 0.2) is 53.9 Å². The van der Waals surface area contributed by atoms with Crippen molar-refractivity contribution in [1.29, 1.82) is 0 Å². The number of aryl methyl sites for hydroxylation is 2. The number of carbonyl (C=O) groups excluding carboxylic acids is 1. The Morgan fingerprint density at radius 1 is 1.10 bits per heavy atom. The summed E-state index contributed by atoms with van der Waals surface area (Å²) in [5.74, 6) is -0.358. The SMILES string of the molecule is CCc1ccc(NC(=O)Cc2c(C)nn(-c3nc(-c4ccc(F)cc4)cs3)c2C)cc1. The third kappa shape index (κ3) is 4.56. The number of carbonyl (C=O) groups is 1. The van der Waals surface area contributed by atoms with E-state index in [9.17, 15) is 9.18 Å². The van der Waals surface area contributed by atoms with Gasteiger partial charge in [0, 0.05) is 27.9 Å². The molecule has 0 spiro atoms. The van der Waals surface area contributed by atoms with E-state index in [2.05, 4.69) is 22.3 Å². The molecule has 0 aliphatic carbocycles. The maximum atomic E-state index is 13.2. The highest BCUT2D eigenvalue weighted by Crippen LogP contribution is 2.26. The van der Waals surface area contributed by atoms with Gasteiger partial charge < -0.3 is 5.32 Å². The highest BCUT2D eigenvalue weighted by Gasteiger charge is 2.18. The second-order valence-electron chi connectivity index (χ2n) is 7.36. The first-order valence-electron chi connectivity index (χ1n) is 10.1. The molecule has 2 aromatic carbocycles. The molecule has 4 rings (SSSR count). The zero-order valence-corrected chi connectivity index (χ0v) is 18.5. The predicted octanol–water partition coefficient (Wildman–Crippen LogP) is 5.50. The number of hydrogen-bond acceptors (Lipinski definition) is 4. The fourth-order valence-electron chi connectivity index (χ4n) is 3.42. The van der Waals surface area contributed by atoms with Crippen molar-refractivity contribution in [3.8, 4) is 16.4 Å². The number of anilines is 1. The third-order valence-corrected chi connectivity index (χ3v) is 6.05. The van der Waals surface area contributed by atoms with Gasteiger partial charge in [0.05, 0.1) is 17.8 Å². The van der Waals surface area contributed by atoms with Crippen molar-refractivity contribution in [2.75, 3.05) is 5.32 Å². The summed E-state index contributed by atoms with van der Waals surface area (Å²) in [6.07, 6.45) is 1.20. The van der Waals surface area contributed by atoms with E-state index in [1.807, 2.05) is 43.5 Å². The summed E-state index contributed by atoms with van der Waals surface area (Å²) in [5, 5.41) is 10.2. The summed E-state index contributed by atoms with van der Waals surface area (Å²) in [5.41, 5.74) is 6.20. The number of hydrogen-bond donors (Lipinski definition) is 1. The van der Waals surface area contributed by atoms with Gasteiger partial charge >= 0.3 is 0 Å². The van der Waals surface area contributed by atoms with Crippen molar-refractivity contribution < 1.29 is 9.18 Å². The minimum Gasteiger partial charge on any atom is -0.326 e. The average Bonchev–Trinajstić information content (AvgIpc) is 3.35. The number of nitrogens with one attached hydrogen (secondary N) is 1. The van der Waals surface area contributed by atoms with Gasteiger partial charge in [-0.3, -0.25) is 4.79 Å². The summed E-state index contributed by atoms with van der Waals surface area (Å²) in [6, 6.07) is 14.1. The number of benzene rings is 2. The van der Waals surface area contributed by atoms with Crippen molar-refractivity contribution in [3.63, 3.8) is 0 Å². The molecule has 0 radical (unpaired) electrons. The van der Waals surface area contributed by atoms with Gasteiger partial charge in [-0.1, -0.05) is 19.1 Å². The van der Waals surface area contributed by atoms with Crippen LogP contribution in [0.4, 0.5) is 10.1 Å². The van der Waals surface area contributed by atoms with Gasteiger partial charge in [0.15, 0.2) is 0 Å². The molecule has 31 heavy (non-hydrogen) atoms. The van der Waals surface area contributed by atoms with Gasteiger partial charge in [-0.05, 0) is 62.2 Å². The number of halogens is 1. The molecule has 1 N–H and O–H groups in total. The lowest BCUT2D eigenvalue weighted by molar-refractivity contribution is -0.115. The second-order valence-corrected chi connectivity index (χ2v) is 8.20. The molecule has 0 atom stereocenters. The number of amides is 1. The van der Waals surface area contributed by atoms with E-state index in [0.717, 1.165) is 40.3 Å². The van der Waals surface area contributed by atoms with E-state index in [-0.39, 0.29) is 18.1 Å². The molecule has 158 valence electrons. The van der Waals surface area contributed by atoms with E-state index in [1.165, 1.54) is 29.0 Å². The largest absolute Gasteiger partial charge is 0.326 e. The first-order chi connectivity index (χ1) is 14.9. The maximum Gasteiger partial charge on any atom is 0.228 e. The molecule has 0 unspecified atom stereocenters. The Morgan fingerprint density at radius 2 is 1.81 bits per heavy atom. The maximum absolute atomic E-state index is 13.2. The monoisotopic (exact) mass is 434 g/mol. The molecule has 7 heteroatoms. The van der Waals surface area contributed by atoms with Crippen LogP contribution >= 0.6 is 11.3 Å². The topological polar surface area (TPSA) is 59.8 Å². The number of aromatic nitrogens is 3. The van der Waals surface area contributed by atoms with Crippen molar-refractivity contribution in [2.45, 2.75) is 33.6 Å². The zero-order chi connectivity index (χ0) is 22.0.